The Morgan fingerprint density at radius 1 is 1.31 bits per heavy atom. The predicted molar refractivity (Wildman–Crippen MR) is 96.7 cm³/mol. The van der Waals surface area contributed by atoms with Crippen LogP contribution in [0.4, 0.5) is 5.95 Å². The van der Waals surface area contributed by atoms with Crippen LogP contribution >= 0.6 is 11.6 Å². The molecule has 1 aromatic heterocycles. The maximum Gasteiger partial charge on any atom is 0.338 e. The second kappa shape index (κ2) is 7.07. The lowest BCUT2D eigenvalue weighted by molar-refractivity contribution is -0.146. The highest BCUT2D eigenvalue weighted by atomic mass is 35.5. The Hall–Kier alpha value is -2.41. The molecule has 7 nitrogen and oxygen atoms in total. The van der Waals surface area contributed by atoms with Crippen molar-refractivity contribution in [1.29, 1.82) is 0 Å². The first-order valence-electron chi connectivity index (χ1n) is 8.85. The van der Waals surface area contributed by atoms with Gasteiger partial charge in [0.1, 0.15) is 12.1 Å². The minimum Gasteiger partial charge on any atom is -0.459 e. The maximum atomic E-state index is 13.0. The Labute approximate surface area is 156 Å². The number of benzene rings is 1. The smallest absolute Gasteiger partial charge is 0.338 e. The van der Waals surface area contributed by atoms with Gasteiger partial charge in [-0.05, 0) is 60.7 Å². The highest BCUT2D eigenvalue weighted by molar-refractivity contribution is 6.30. The number of allylic oxidation sites excluding steroid dienone is 1. The number of aromatic nitrogens is 4. The first-order chi connectivity index (χ1) is 12.6. The zero-order valence-electron chi connectivity index (χ0n) is 14.5. The lowest BCUT2D eigenvalue weighted by Crippen LogP contribution is -2.32. The van der Waals surface area contributed by atoms with Gasteiger partial charge in [-0.2, -0.15) is 4.68 Å². The van der Waals surface area contributed by atoms with Gasteiger partial charge in [0.05, 0.1) is 5.57 Å². The van der Waals surface area contributed by atoms with Crippen molar-refractivity contribution in [3.63, 3.8) is 0 Å². The van der Waals surface area contributed by atoms with Gasteiger partial charge in [0.25, 0.3) is 0 Å². The first-order valence-corrected chi connectivity index (χ1v) is 9.23. The second-order valence-electron chi connectivity index (χ2n) is 6.73. The van der Waals surface area contributed by atoms with Crippen molar-refractivity contribution in [1.82, 2.24) is 20.2 Å². The molecule has 0 spiro atoms. The molecule has 26 heavy (non-hydrogen) atoms. The van der Waals surface area contributed by atoms with Crippen LogP contribution in [-0.4, -0.2) is 32.3 Å². The van der Waals surface area contributed by atoms with E-state index < -0.39 is 6.04 Å². The largest absolute Gasteiger partial charge is 0.459 e. The molecule has 0 amide bonds. The van der Waals surface area contributed by atoms with Gasteiger partial charge in [-0.1, -0.05) is 35.3 Å². The zero-order valence-corrected chi connectivity index (χ0v) is 15.2. The molecule has 1 aliphatic carbocycles. The number of hydrogen-bond donors (Lipinski definition) is 1. The maximum absolute atomic E-state index is 13.0. The van der Waals surface area contributed by atoms with E-state index in [4.69, 9.17) is 16.3 Å². The average Bonchev–Trinajstić information content (AvgIpc) is 3.09. The summed E-state index contributed by atoms with van der Waals surface area (Å²) in [5.41, 5.74) is 2.04. The quantitative estimate of drug-likeness (QED) is 0.829. The van der Waals surface area contributed by atoms with Crippen LogP contribution in [0.1, 0.15) is 50.6 Å². The topological polar surface area (TPSA) is 81.9 Å². The van der Waals surface area contributed by atoms with Crippen molar-refractivity contribution in [2.45, 2.75) is 51.2 Å². The van der Waals surface area contributed by atoms with Crippen LogP contribution in [0.3, 0.4) is 0 Å². The molecule has 1 saturated carbocycles. The number of nitrogens with one attached hydrogen (secondary N) is 1. The Balaban J connectivity index is 1.71. The van der Waals surface area contributed by atoms with Gasteiger partial charge in [-0.15, -0.1) is 0 Å². The van der Waals surface area contributed by atoms with Crippen LogP contribution in [0.5, 0.6) is 0 Å². The van der Waals surface area contributed by atoms with Gasteiger partial charge in [-0.25, -0.2) is 4.79 Å². The summed E-state index contributed by atoms with van der Waals surface area (Å²) < 4.78 is 7.42. The number of carbonyl (C=O) groups excluding carboxylic acids is 1. The van der Waals surface area contributed by atoms with Crippen LogP contribution in [0.2, 0.25) is 5.02 Å². The summed E-state index contributed by atoms with van der Waals surface area (Å²) in [7, 11) is 0. The van der Waals surface area contributed by atoms with Gasteiger partial charge in [-0.3, -0.25) is 0 Å². The van der Waals surface area contributed by atoms with Crippen LogP contribution in [0.25, 0.3) is 0 Å². The highest BCUT2D eigenvalue weighted by Gasteiger charge is 2.36. The molecular formula is C18H20ClN5O2. The number of nitrogens with zero attached hydrogens (tertiary/aromatic N) is 4. The van der Waals surface area contributed by atoms with Gasteiger partial charge in [0, 0.05) is 10.7 Å². The molecule has 1 aromatic carbocycles. The summed E-state index contributed by atoms with van der Waals surface area (Å²) >= 11 is 6.18. The Morgan fingerprint density at radius 2 is 2.12 bits per heavy atom. The number of anilines is 1. The lowest BCUT2D eigenvalue weighted by atomic mass is 9.95. The average molecular weight is 374 g/mol. The number of tetrazole rings is 1. The minimum absolute atomic E-state index is 0.0215. The SMILES string of the molecule is CC1=C(C(=O)OC2CCCCC2)[C@H](c2cccc(Cl)c2)n2nnnc2N1. The highest BCUT2D eigenvalue weighted by Crippen LogP contribution is 2.36. The fourth-order valence-corrected chi connectivity index (χ4v) is 3.86. The van der Waals surface area contributed by atoms with E-state index in [0.717, 1.165) is 31.2 Å². The van der Waals surface area contributed by atoms with Gasteiger partial charge in [0.2, 0.25) is 5.95 Å². The lowest BCUT2D eigenvalue weighted by Gasteiger charge is -2.29. The van der Waals surface area contributed by atoms with E-state index in [1.54, 1.807) is 10.7 Å². The summed E-state index contributed by atoms with van der Waals surface area (Å²) in [4.78, 5) is 13.0. The normalized spacial score (nSPS) is 20.5. The molecule has 2 aliphatic rings. The molecule has 1 atom stereocenters. The molecule has 1 aliphatic heterocycles. The van der Waals surface area contributed by atoms with E-state index in [2.05, 4.69) is 20.8 Å². The number of ether oxygens (including phenoxy) is 1. The fraction of sp³-hybridized carbons (Fsp3) is 0.444. The summed E-state index contributed by atoms with van der Waals surface area (Å²) in [6.45, 7) is 1.84. The van der Waals surface area contributed by atoms with Crippen molar-refractivity contribution in [2.75, 3.05) is 5.32 Å². The number of rotatable bonds is 3. The molecule has 136 valence electrons. The van der Waals surface area contributed by atoms with Crippen molar-refractivity contribution in [3.8, 4) is 0 Å². The molecule has 0 unspecified atom stereocenters. The van der Waals surface area contributed by atoms with Crippen LogP contribution in [-0.2, 0) is 9.53 Å². The van der Waals surface area contributed by atoms with Crippen molar-refractivity contribution in [2.24, 2.45) is 0 Å². The first kappa shape index (κ1) is 17.0. The molecule has 2 heterocycles. The Bertz CT molecular complexity index is 857. The third kappa shape index (κ3) is 3.19. The standard InChI is InChI=1S/C18H20ClN5O2/c1-11-15(17(25)26-14-8-3-2-4-9-14)16(12-6-5-7-13(19)10-12)24-18(20-11)21-22-23-24/h5-7,10,14,16H,2-4,8-9H2,1H3,(H,20,21,23)/t16-/m0/s1. The van der Waals surface area contributed by atoms with Crippen LogP contribution < -0.4 is 5.32 Å². The van der Waals surface area contributed by atoms with Crippen LogP contribution in [0, 0.1) is 0 Å². The van der Waals surface area contributed by atoms with Gasteiger partial charge >= 0.3 is 5.97 Å². The molecular weight excluding hydrogens is 354 g/mol. The zero-order chi connectivity index (χ0) is 18.1. The number of fused-ring (bicyclic) bond motifs is 1. The summed E-state index contributed by atoms with van der Waals surface area (Å²) in [5.74, 6) is 0.162. The van der Waals surface area contributed by atoms with E-state index in [-0.39, 0.29) is 12.1 Å². The third-order valence-electron chi connectivity index (χ3n) is 4.92. The molecule has 2 aromatic rings. The molecule has 1 fully saturated rings. The fourth-order valence-electron chi connectivity index (χ4n) is 3.66. The van der Waals surface area contributed by atoms with E-state index in [1.165, 1.54) is 6.42 Å². The van der Waals surface area contributed by atoms with Crippen LogP contribution in [0.15, 0.2) is 35.5 Å². The number of esters is 1. The third-order valence-corrected chi connectivity index (χ3v) is 5.16. The van der Waals surface area contributed by atoms with E-state index in [0.29, 0.717) is 22.2 Å². The number of hydrogen-bond acceptors (Lipinski definition) is 6. The van der Waals surface area contributed by atoms with E-state index >= 15 is 0 Å². The molecule has 4 rings (SSSR count). The predicted octanol–water partition coefficient (Wildman–Crippen LogP) is 3.49. The molecule has 0 bridgehead atoms. The monoisotopic (exact) mass is 373 g/mol. The van der Waals surface area contributed by atoms with Crippen molar-refractivity contribution >= 4 is 23.5 Å². The molecule has 1 N–H and O–H groups in total. The number of carbonyl (C=O) groups is 1. The molecule has 8 heteroatoms. The minimum atomic E-state index is -0.476. The Morgan fingerprint density at radius 3 is 2.88 bits per heavy atom. The van der Waals surface area contributed by atoms with Crippen molar-refractivity contribution < 1.29 is 9.53 Å². The van der Waals surface area contributed by atoms with E-state index in [9.17, 15) is 4.79 Å². The Kier molecular flexibility index (Phi) is 4.63. The summed E-state index contributed by atoms with van der Waals surface area (Å²) in [6.07, 6.45) is 5.22. The van der Waals surface area contributed by atoms with Gasteiger partial charge < -0.3 is 10.1 Å². The van der Waals surface area contributed by atoms with Gasteiger partial charge in [0.15, 0.2) is 0 Å². The summed E-state index contributed by atoms with van der Waals surface area (Å²) in [5, 5.41) is 15.5. The summed E-state index contributed by atoms with van der Waals surface area (Å²) in [6, 6.07) is 6.90. The van der Waals surface area contributed by atoms with E-state index in [1.807, 2.05) is 25.1 Å². The van der Waals surface area contributed by atoms with Crippen molar-refractivity contribution in [3.05, 3.63) is 46.1 Å². The molecule has 0 saturated heterocycles. The second-order valence-corrected chi connectivity index (χ2v) is 7.17. The molecule has 0 radical (unpaired) electrons. The number of halogens is 1.